The van der Waals surface area contributed by atoms with E-state index < -0.39 is 0 Å². The van der Waals surface area contributed by atoms with Gasteiger partial charge >= 0.3 is 0 Å². The lowest BCUT2D eigenvalue weighted by Crippen LogP contribution is -2.31. The van der Waals surface area contributed by atoms with Crippen LogP contribution in [0.2, 0.25) is 0 Å². The quantitative estimate of drug-likeness (QED) is 0.832. The molecule has 20 heavy (non-hydrogen) atoms. The molecule has 0 radical (unpaired) electrons. The third-order valence-corrected chi connectivity index (χ3v) is 4.10. The molecule has 0 bridgehead atoms. The number of hydrogen-bond donors (Lipinski definition) is 1. The topological polar surface area (TPSA) is 32.3 Å². The van der Waals surface area contributed by atoms with Crippen LogP contribution in [0, 0.1) is 3.57 Å². The molecule has 1 aliphatic heterocycles. The summed E-state index contributed by atoms with van der Waals surface area (Å²) in [6, 6.07) is 16.1. The minimum atomic E-state index is 0.0312. The van der Waals surface area contributed by atoms with Crippen molar-refractivity contribution in [3.8, 4) is 0 Å². The average Bonchev–Trinajstić information content (AvgIpc) is 2.82. The fourth-order valence-electron chi connectivity index (χ4n) is 2.51. The summed E-state index contributed by atoms with van der Waals surface area (Å²) in [5, 5.41) is 2.96. The van der Waals surface area contributed by atoms with E-state index in [-0.39, 0.29) is 5.91 Å². The first-order chi connectivity index (χ1) is 9.72. The van der Waals surface area contributed by atoms with E-state index in [2.05, 4.69) is 44.9 Å². The fraction of sp³-hybridized carbons (Fsp3) is 0.188. The van der Waals surface area contributed by atoms with Gasteiger partial charge in [0.1, 0.15) is 0 Å². The molecular formula is C16H15IN2O. The van der Waals surface area contributed by atoms with Crippen molar-refractivity contribution in [1.29, 1.82) is 0 Å². The van der Waals surface area contributed by atoms with Crippen LogP contribution in [-0.2, 0) is 11.2 Å². The Kier molecular flexibility index (Phi) is 3.91. The summed E-state index contributed by atoms with van der Waals surface area (Å²) < 4.78 is 1.12. The van der Waals surface area contributed by atoms with Crippen LogP contribution in [0.4, 0.5) is 11.4 Å². The number of amides is 1. The smallest absolute Gasteiger partial charge is 0.243 e. The van der Waals surface area contributed by atoms with Crippen LogP contribution in [0.3, 0.4) is 0 Å². The number of carbonyl (C=O) groups excluding carboxylic acids is 1. The van der Waals surface area contributed by atoms with E-state index in [1.54, 1.807) is 0 Å². The summed E-state index contributed by atoms with van der Waals surface area (Å²) in [6.45, 7) is 1.32. The highest BCUT2D eigenvalue weighted by Crippen LogP contribution is 2.27. The van der Waals surface area contributed by atoms with Gasteiger partial charge in [0.25, 0.3) is 0 Å². The van der Waals surface area contributed by atoms with Gasteiger partial charge in [-0.1, -0.05) is 24.3 Å². The Balaban J connectivity index is 1.66. The second-order valence-corrected chi connectivity index (χ2v) is 6.10. The number of nitrogens with zero attached hydrogens (tertiary/aromatic N) is 1. The highest BCUT2D eigenvalue weighted by Gasteiger charge is 2.20. The first-order valence-corrected chi connectivity index (χ1v) is 7.68. The minimum absolute atomic E-state index is 0.0312. The minimum Gasteiger partial charge on any atom is -0.362 e. The lowest BCUT2D eigenvalue weighted by molar-refractivity contribution is -0.115. The third kappa shape index (κ3) is 2.95. The Labute approximate surface area is 132 Å². The van der Waals surface area contributed by atoms with Crippen molar-refractivity contribution < 1.29 is 4.79 Å². The largest absolute Gasteiger partial charge is 0.362 e. The zero-order chi connectivity index (χ0) is 13.9. The molecule has 0 aliphatic carbocycles. The van der Waals surface area contributed by atoms with Crippen molar-refractivity contribution >= 4 is 39.9 Å². The van der Waals surface area contributed by atoms with Crippen molar-refractivity contribution in [2.75, 3.05) is 23.3 Å². The summed E-state index contributed by atoms with van der Waals surface area (Å²) in [5.74, 6) is 0.0312. The van der Waals surface area contributed by atoms with Gasteiger partial charge in [-0.25, -0.2) is 0 Å². The Morgan fingerprint density at radius 1 is 1.20 bits per heavy atom. The molecule has 1 aliphatic rings. The van der Waals surface area contributed by atoms with E-state index >= 15 is 0 Å². The second-order valence-electron chi connectivity index (χ2n) is 4.86. The molecule has 3 rings (SSSR count). The Morgan fingerprint density at radius 2 is 2.05 bits per heavy atom. The Bertz CT molecular complexity index is 642. The van der Waals surface area contributed by atoms with Gasteiger partial charge in [-0.2, -0.15) is 0 Å². The van der Waals surface area contributed by atoms with Crippen molar-refractivity contribution in [3.05, 3.63) is 57.7 Å². The molecular weight excluding hydrogens is 363 g/mol. The van der Waals surface area contributed by atoms with Gasteiger partial charge in [0.05, 0.1) is 6.54 Å². The van der Waals surface area contributed by atoms with Gasteiger partial charge in [0.2, 0.25) is 5.91 Å². The number of benzene rings is 2. The van der Waals surface area contributed by atoms with Crippen LogP contribution >= 0.6 is 22.6 Å². The fourth-order valence-corrected chi connectivity index (χ4v) is 3.05. The molecule has 0 fully saturated rings. The number of halogens is 1. The Morgan fingerprint density at radius 3 is 2.90 bits per heavy atom. The first kappa shape index (κ1) is 13.4. The molecule has 1 amide bonds. The van der Waals surface area contributed by atoms with E-state index in [4.69, 9.17) is 0 Å². The zero-order valence-electron chi connectivity index (χ0n) is 11.0. The summed E-state index contributed by atoms with van der Waals surface area (Å²) in [7, 11) is 0. The monoisotopic (exact) mass is 378 g/mol. The average molecular weight is 378 g/mol. The van der Waals surface area contributed by atoms with Crippen LogP contribution in [0.15, 0.2) is 48.5 Å². The van der Waals surface area contributed by atoms with Crippen molar-refractivity contribution in [2.24, 2.45) is 0 Å². The summed E-state index contributed by atoms with van der Waals surface area (Å²) in [4.78, 5) is 14.3. The summed E-state index contributed by atoms with van der Waals surface area (Å²) in [6.07, 6.45) is 1.02. The van der Waals surface area contributed by atoms with E-state index in [0.29, 0.717) is 6.54 Å². The molecule has 0 spiro atoms. The van der Waals surface area contributed by atoms with Crippen LogP contribution in [0.1, 0.15) is 5.56 Å². The molecule has 0 unspecified atom stereocenters. The molecule has 4 heteroatoms. The van der Waals surface area contributed by atoms with Crippen LogP contribution in [-0.4, -0.2) is 19.0 Å². The summed E-state index contributed by atoms with van der Waals surface area (Å²) in [5.41, 5.74) is 3.37. The lowest BCUT2D eigenvalue weighted by atomic mass is 10.2. The maximum Gasteiger partial charge on any atom is 0.243 e. The van der Waals surface area contributed by atoms with E-state index in [9.17, 15) is 4.79 Å². The van der Waals surface area contributed by atoms with E-state index in [1.807, 2.05) is 36.4 Å². The predicted molar refractivity (Wildman–Crippen MR) is 90.1 cm³/mol. The third-order valence-electron chi connectivity index (χ3n) is 3.43. The summed E-state index contributed by atoms with van der Waals surface area (Å²) >= 11 is 2.24. The van der Waals surface area contributed by atoms with Crippen molar-refractivity contribution in [1.82, 2.24) is 0 Å². The van der Waals surface area contributed by atoms with Gasteiger partial charge in [0.15, 0.2) is 0 Å². The van der Waals surface area contributed by atoms with E-state index in [1.165, 1.54) is 11.3 Å². The second kappa shape index (κ2) is 5.83. The SMILES string of the molecule is O=C(CN1CCc2ccccc21)Nc1cccc(I)c1. The first-order valence-electron chi connectivity index (χ1n) is 6.60. The molecule has 0 atom stereocenters. The highest BCUT2D eigenvalue weighted by atomic mass is 127. The maximum atomic E-state index is 12.1. The standard InChI is InChI=1S/C16H15IN2O/c17-13-5-3-6-14(10-13)18-16(20)11-19-9-8-12-4-1-2-7-15(12)19/h1-7,10H,8-9,11H2,(H,18,20). The van der Waals surface area contributed by atoms with Gasteiger partial charge < -0.3 is 10.2 Å². The molecule has 1 N–H and O–H groups in total. The number of anilines is 2. The van der Waals surface area contributed by atoms with Gasteiger partial charge in [-0.3, -0.25) is 4.79 Å². The van der Waals surface area contributed by atoms with E-state index in [0.717, 1.165) is 22.2 Å². The molecule has 2 aromatic rings. The van der Waals surface area contributed by atoms with Crippen LogP contribution < -0.4 is 10.2 Å². The highest BCUT2D eigenvalue weighted by molar-refractivity contribution is 14.1. The Hall–Kier alpha value is -1.56. The molecule has 102 valence electrons. The normalized spacial score (nSPS) is 13.2. The number of hydrogen-bond acceptors (Lipinski definition) is 2. The van der Waals surface area contributed by atoms with Crippen LogP contribution in [0.5, 0.6) is 0 Å². The number of nitrogens with one attached hydrogen (secondary N) is 1. The number of para-hydroxylation sites is 1. The van der Waals surface area contributed by atoms with Crippen LogP contribution in [0.25, 0.3) is 0 Å². The number of carbonyl (C=O) groups is 1. The van der Waals surface area contributed by atoms with Gasteiger partial charge in [0, 0.05) is 21.5 Å². The molecule has 0 aromatic heterocycles. The van der Waals surface area contributed by atoms with Gasteiger partial charge in [-0.15, -0.1) is 0 Å². The molecule has 3 nitrogen and oxygen atoms in total. The number of fused-ring (bicyclic) bond motifs is 1. The predicted octanol–water partition coefficient (Wildman–Crippen LogP) is 3.29. The maximum absolute atomic E-state index is 12.1. The van der Waals surface area contributed by atoms with Crippen molar-refractivity contribution in [2.45, 2.75) is 6.42 Å². The molecule has 2 aromatic carbocycles. The number of rotatable bonds is 3. The lowest BCUT2D eigenvalue weighted by Gasteiger charge is -2.18. The molecule has 0 saturated carbocycles. The zero-order valence-corrected chi connectivity index (χ0v) is 13.1. The van der Waals surface area contributed by atoms with Gasteiger partial charge in [-0.05, 0) is 58.8 Å². The van der Waals surface area contributed by atoms with Crippen molar-refractivity contribution in [3.63, 3.8) is 0 Å². The molecule has 0 saturated heterocycles. The molecule has 1 heterocycles.